The molecule has 0 radical (unpaired) electrons. The molecule has 0 aromatic heterocycles. The van der Waals surface area contributed by atoms with E-state index >= 15 is 0 Å². The van der Waals surface area contributed by atoms with Gasteiger partial charge in [0.15, 0.2) is 0 Å². The molecule has 0 saturated carbocycles. The van der Waals surface area contributed by atoms with Gasteiger partial charge in [0.2, 0.25) is 0 Å². The molecule has 2 rings (SSSR count). The van der Waals surface area contributed by atoms with Gasteiger partial charge in [0, 0.05) is 24.8 Å². The zero-order valence-corrected chi connectivity index (χ0v) is 11.1. The summed E-state index contributed by atoms with van der Waals surface area (Å²) in [5.74, 6) is 0. The van der Waals surface area contributed by atoms with Crippen LogP contribution in [0.5, 0.6) is 0 Å². The first-order valence-corrected chi connectivity index (χ1v) is 6.85. The van der Waals surface area contributed by atoms with Gasteiger partial charge in [-0.3, -0.25) is 0 Å². The molecule has 17 heavy (non-hydrogen) atoms. The molecule has 1 aromatic rings. The Labute approximate surface area is 105 Å². The molecule has 0 aliphatic carbocycles. The summed E-state index contributed by atoms with van der Waals surface area (Å²) in [6, 6.07) is 9.44. The number of hydrogen-bond acceptors (Lipinski definition) is 2. The van der Waals surface area contributed by atoms with Crippen LogP contribution in [0.3, 0.4) is 0 Å². The lowest BCUT2D eigenvalue weighted by atomic mass is 10.1. The molecule has 1 N–H and O–H groups in total. The van der Waals surface area contributed by atoms with Crippen LogP contribution in [-0.4, -0.2) is 25.7 Å². The molecule has 1 aliphatic rings. The van der Waals surface area contributed by atoms with E-state index in [2.05, 4.69) is 48.3 Å². The zero-order chi connectivity index (χ0) is 12.1. The first kappa shape index (κ1) is 12.4. The Bertz CT molecular complexity index is 349. The van der Waals surface area contributed by atoms with Crippen molar-refractivity contribution in [3.63, 3.8) is 0 Å². The SMILES string of the molecule is CCC1CCN(c2ccccc2C)CCCN1. The van der Waals surface area contributed by atoms with Gasteiger partial charge >= 0.3 is 0 Å². The van der Waals surface area contributed by atoms with Gasteiger partial charge in [0.05, 0.1) is 0 Å². The van der Waals surface area contributed by atoms with Crippen LogP contribution in [0.4, 0.5) is 5.69 Å². The molecular formula is C15H24N2. The number of anilines is 1. The number of rotatable bonds is 2. The van der Waals surface area contributed by atoms with Crippen LogP contribution >= 0.6 is 0 Å². The number of hydrogen-bond donors (Lipinski definition) is 1. The highest BCUT2D eigenvalue weighted by Crippen LogP contribution is 2.21. The van der Waals surface area contributed by atoms with E-state index in [0.29, 0.717) is 6.04 Å². The van der Waals surface area contributed by atoms with Crippen LogP contribution in [-0.2, 0) is 0 Å². The Balaban J connectivity index is 2.07. The maximum Gasteiger partial charge on any atom is 0.0395 e. The smallest absolute Gasteiger partial charge is 0.0395 e. The quantitative estimate of drug-likeness (QED) is 0.843. The van der Waals surface area contributed by atoms with Crippen molar-refractivity contribution in [3.05, 3.63) is 29.8 Å². The van der Waals surface area contributed by atoms with E-state index in [9.17, 15) is 0 Å². The Kier molecular flexibility index (Phi) is 4.43. The van der Waals surface area contributed by atoms with Crippen LogP contribution in [0.25, 0.3) is 0 Å². The molecule has 1 aliphatic heterocycles. The van der Waals surface area contributed by atoms with Gasteiger partial charge in [0.1, 0.15) is 0 Å². The van der Waals surface area contributed by atoms with Crippen LogP contribution < -0.4 is 10.2 Å². The average Bonchev–Trinajstić information content (AvgIpc) is 2.31. The number of aryl methyl sites for hydroxylation is 1. The van der Waals surface area contributed by atoms with E-state index < -0.39 is 0 Å². The third kappa shape index (κ3) is 3.22. The van der Waals surface area contributed by atoms with E-state index in [4.69, 9.17) is 0 Å². The lowest BCUT2D eigenvalue weighted by Gasteiger charge is -2.31. The zero-order valence-electron chi connectivity index (χ0n) is 11.1. The van der Waals surface area contributed by atoms with Crippen LogP contribution in [0, 0.1) is 6.92 Å². The van der Waals surface area contributed by atoms with Gasteiger partial charge in [-0.25, -0.2) is 0 Å². The van der Waals surface area contributed by atoms with E-state index in [0.717, 1.165) is 6.54 Å². The second-order valence-electron chi connectivity index (χ2n) is 4.98. The molecule has 1 aromatic carbocycles. The summed E-state index contributed by atoms with van der Waals surface area (Å²) < 4.78 is 0. The lowest BCUT2D eigenvalue weighted by molar-refractivity contribution is 0.439. The first-order chi connectivity index (χ1) is 8.31. The largest absolute Gasteiger partial charge is 0.371 e. The standard InChI is InChI=1S/C15H24N2/c1-3-14-9-12-17(11-6-10-16-14)15-8-5-4-7-13(15)2/h4-5,7-8,14,16H,3,6,9-12H2,1-2H3. The van der Waals surface area contributed by atoms with E-state index in [1.54, 1.807) is 0 Å². The molecule has 0 spiro atoms. The van der Waals surface area contributed by atoms with Crippen LogP contribution in [0.1, 0.15) is 31.7 Å². The minimum absolute atomic E-state index is 0.696. The Morgan fingerprint density at radius 3 is 2.88 bits per heavy atom. The van der Waals surface area contributed by atoms with Gasteiger partial charge in [-0.2, -0.15) is 0 Å². The van der Waals surface area contributed by atoms with Crippen molar-refractivity contribution in [1.29, 1.82) is 0 Å². The highest BCUT2D eigenvalue weighted by atomic mass is 15.1. The monoisotopic (exact) mass is 232 g/mol. The highest BCUT2D eigenvalue weighted by Gasteiger charge is 2.14. The molecular weight excluding hydrogens is 208 g/mol. The average molecular weight is 232 g/mol. The third-order valence-corrected chi connectivity index (χ3v) is 3.73. The predicted octanol–water partition coefficient (Wildman–Crippen LogP) is 2.96. The molecule has 1 saturated heterocycles. The summed E-state index contributed by atoms with van der Waals surface area (Å²) >= 11 is 0. The molecule has 0 amide bonds. The maximum absolute atomic E-state index is 3.63. The fraction of sp³-hybridized carbons (Fsp3) is 0.600. The molecule has 0 bridgehead atoms. The van der Waals surface area contributed by atoms with E-state index in [-0.39, 0.29) is 0 Å². The van der Waals surface area contributed by atoms with Crippen LogP contribution in [0.2, 0.25) is 0 Å². The molecule has 1 unspecified atom stereocenters. The van der Waals surface area contributed by atoms with Gasteiger partial charge in [-0.1, -0.05) is 25.1 Å². The minimum atomic E-state index is 0.696. The number of nitrogens with one attached hydrogen (secondary N) is 1. The predicted molar refractivity (Wildman–Crippen MR) is 74.7 cm³/mol. The normalized spacial score (nSPS) is 22.0. The second-order valence-corrected chi connectivity index (χ2v) is 4.98. The summed E-state index contributed by atoms with van der Waals surface area (Å²) in [5, 5.41) is 3.63. The summed E-state index contributed by atoms with van der Waals surface area (Å²) in [6.45, 7) is 7.99. The highest BCUT2D eigenvalue weighted by molar-refractivity contribution is 5.52. The van der Waals surface area contributed by atoms with E-state index in [1.807, 2.05) is 0 Å². The van der Waals surface area contributed by atoms with Gasteiger partial charge in [-0.05, 0) is 44.4 Å². The van der Waals surface area contributed by atoms with Crippen molar-refractivity contribution >= 4 is 5.69 Å². The molecule has 2 heteroatoms. The third-order valence-electron chi connectivity index (χ3n) is 3.73. The fourth-order valence-corrected chi connectivity index (χ4v) is 2.61. The van der Waals surface area contributed by atoms with E-state index in [1.165, 1.54) is 43.6 Å². The fourth-order valence-electron chi connectivity index (χ4n) is 2.61. The summed E-state index contributed by atoms with van der Waals surface area (Å²) in [5.41, 5.74) is 2.82. The summed E-state index contributed by atoms with van der Waals surface area (Å²) in [7, 11) is 0. The Morgan fingerprint density at radius 1 is 1.29 bits per heavy atom. The van der Waals surface area contributed by atoms with Gasteiger partial charge in [0.25, 0.3) is 0 Å². The Morgan fingerprint density at radius 2 is 2.12 bits per heavy atom. The minimum Gasteiger partial charge on any atom is -0.371 e. The van der Waals surface area contributed by atoms with Crippen molar-refractivity contribution in [2.45, 2.75) is 39.2 Å². The number of benzene rings is 1. The molecule has 1 heterocycles. The summed E-state index contributed by atoms with van der Waals surface area (Å²) in [4.78, 5) is 2.55. The molecule has 1 fully saturated rings. The van der Waals surface area contributed by atoms with Gasteiger partial charge < -0.3 is 10.2 Å². The Hall–Kier alpha value is -1.02. The van der Waals surface area contributed by atoms with Crippen LogP contribution in [0.15, 0.2) is 24.3 Å². The molecule has 1 atom stereocenters. The van der Waals surface area contributed by atoms with Gasteiger partial charge in [-0.15, -0.1) is 0 Å². The van der Waals surface area contributed by atoms with Crippen molar-refractivity contribution in [2.75, 3.05) is 24.5 Å². The van der Waals surface area contributed by atoms with Crippen molar-refractivity contribution in [3.8, 4) is 0 Å². The lowest BCUT2D eigenvalue weighted by Crippen LogP contribution is -2.39. The number of para-hydroxylation sites is 1. The topological polar surface area (TPSA) is 15.3 Å². The second kappa shape index (κ2) is 6.06. The van der Waals surface area contributed by atoms with Crippen molar-refractivity contribution < 1.29 is 0 Å². The molecule has 2 nitrogen and oxygen atoms in total. The maximum atomic E-state index is 3.63. The summed E-state index contributed by atoms with van der Waals surface area (Å²) in [6.07, 6.45) is 3.73. The van der Waals surface area contributed by atoms with Crippen molar-refractivity contribution in [1.82, 2.24) is 5.32 Å². The van der Waals surface area contributed by atoms with Crippen molar-refractivity contribution in [2.24, 2.45) is 0 Å². The first-order valence-electron chi connectivity index (χ1n) is 6.85. The molecule has 94 valence electrons. The number of nitrogens with zero attached hydrogens (tertiary/aromatic N) is 1.